The van der Waals surface area contributed by atoms with Gasteiger partial charge in [0.25, 0.3) is 0 Å². The first-order valence-corrected chi connectivity index (χ1v) is 8.71. The predicted octanol–water partition coefficient (Wildman–Crippen LogP) is 4.28. The molecule has 0 fully saturated rings. The third kappa shape index (κ3) is 12.7. The van der Waals surface area contributed by atoms with Crippen LogP contribution in [0, 0.1) is 10.8 Å². The van der Waals surface area contributed by atoms with E-state index in [1.807, 2.05) is 39.5 Å². The quantitative estimate of drug-likeness (QED) is 0.525. The van der Waals surface area contributed by atoms with E-state index in [0.29, 0.717) is 0 Å². The molecular formula is C16H30O4S. The van der Waals surface area contributed by atoms with Gasteiger partial charge in [-0.15, -0.1) is 0 Å². The maximum Gasteiger partial charge on any atom is 0.303 e. The van der Waals surface area contributed by atoms with Crippen LogP contribution >= 0.6 is 11.8 Å². The Morgan fingerprint density at radius 3 is 1.43 bits per heavy atom. The fraction of sp³-hybridized carbons (Fsp3) is 0.875. The van der Waals surface area contributed by atoms with Gasteiger partial charge in [0.2, 0.25) is 0 Å². The molecule has 0 aromatic heterocycles. The van der Waals surface area contributed by atoms with Gasteiger partial charge in [0.05, 0.1) is 12.8 Å². The molecule has 21 heavy (non-hydrogen) atoms. The Balaban J connectivity index is 3.65. The van der Waals surface area contributed by atoms with Gasteiger partial charge in [-0.05, 0) is 48.0 Å². The summed E-state index contributed by atoms with van der Waals surface area (Å²) in [5.74, 6) is 0.631. The molecule has 0 heterocycles. The first kappa shape index (κ1) is 20.3. The van der Waals surface area contributed by atoms with Gasteiger partial charge < -0.3 is 10.2 Å². The molecule has 0 radical (unpaired) electrons. The summed E-state index contributed by atoms with van der Waals surface area (Å²) in [6, 6.07) is 0. The second kappa shape index (κ2) is 9.34. The number of rotatable bonds is 12. The van der Waals surface area contributed by atoms with Crippen molar-refractivity contribution >= 4 is 23.7 Å². The highest BCUT2D eigenvalue weighted by molar-refractivity contribution is 7.99. The molecule has 2 N–H and O–H groups in total. The lowest BCUT2D eigenvalue weighted by Crippen LogP contribution is -2.17. The molecule has 0 bridgehead atoms. The average Bonchev–Trinajstić information content (AvgIpc) is 2.23. The normalized spacial score (nSPS) is 12.4. The number of thioether (sulfide) groups is 1. The first-order chi connectivity index (χ1) is 9.54. The minimum Gasteiger partial charge on any atom is -0.481 e. The Morgan fingerprint density at radius 2 is 1.14 bits per heavy atom. The van der Waals surface area contributed by atoms with E-state index >= 15 is 0 Å². The maximum atomic E-state index is 10.7. The van der Waals surface area contributed by atoms with Crippen LogP contribution in [0.15, 0.2) is 0 Å². The summed E-state index contributed by atoms with van der Waals surface area (Å²) in [7, 11) is 0. The number of hydrogen-bond acceptors (Lipinski definition) is 3. The van der Waals surface area contributed by atoms with Gasteiger partial charge in [-0.1, -0.05) is 27.7 Å². The molecular weight excluding hydrogens is 288 g/mol. The van der Waals surface area contributed by atoms with Crippen LogP contribution in [0.2, 0.25) is 0 Å². The van der Waals surface area contributed by atoms with Crippen molar-refractivity contribution in [2.45, 2.75) is 66.2 Å². The van der Waals surface area contributed by atoms with Gasteiger partial charge in [0, 0.05) is 0 Å². The van der Waals surface area contributed by atoms with Crippen LogP contribution in [0.4, 0.5) is 0 Å². The molecule has 0 atom stereocenters. The lowest BCUT2D eigenvalue weighted by Gasteiger charge is -2.22. The molecule has 4 nitrogen and oxygen atoms in total. The number of carboxylic acids is 2. The Kier molecular flexibility index (Phi) is 9.02. The lowest BCUT2D eigenvalue weighted by atomic mass is 9.85. The van der Waals surface area contributed by atoms with Crippen molar-refractivity contribution < 1.29 is 19.8 Å². The van der Waals surface area contributed by atoms with Crippen molar-refractivity contribution in [1.29, 1.82) is 0 Å². The zero-order chi connectivity index (χ0) is 16.5. The average molecular weight is 318 g/mol. The monoisotopic (exact) mass is 318 g/mol. The second-order valence-electron chi connectivity index (χ2n) is 7.29. The van der Waals surface area contributed by atoms with Gasteiger partial charge in [0.15, 0.2) is 0 Å². The van der Waals surface area contributed by atoms with Gasteiger partial charge in [-0.2, -0.15) is 11.8 Å². The molecule has 124 valence electrons. The molecule has 0 unspecified atom stereocenters. The number of aliphatic carboxylic acids is 2. The van der Waals surface area contributed by atoms with Crippen molar-refractivity contribution in [3.63, 3.8) is 0 Å². The zero-order valence-corrected chi connectivity index (χ0v) is 14.6. The molecule has 0 aromatic rings. The molecule has 0 aliphatic heterocycles. The summed E-state index contributed by atoms with van der Waals surface area (Å²) in [5, 5.41) is 17.6. The largest absolute Gasteiger partial charge is 0.481 e. The van der Waals surface area contributed by atoms with Crippen LogP contribution in [0.1, 0.15) is 66.2 Å². The van der Waals surface area contributed by atoms with Crippen molar-refractivity contribution in [3.8, 4) is 0 Å². The smallest absolute Gasteiger partial charge is 0.303 e. The fourth-order valence-electron chi connectivity index (χ4n) is 2.40. The van der Waals surface area contributed by atoms with E-state index < -0.39 is 11.9 Å². The van der Waals surface area contributed by atoms with Crippen LogP contribution in [0.5, 0.6) is 0 Å². The zero-order valence-electron chi connectivity index (χ0n) is 13.8. The molecule has 0 amide bonds. The molecule has 0 spiro atoms. The standard InChI is InChI=1S/C16H30O4S/c1-15(2,11-13(17)18)7-5-9-21-10-6-8-16(3,4)12-14(19)20/h5-12H2,1-4H3,(H,17,18)(H,19,20). The minimum absolute atomic E-state index is 0.129. The van der Waals surface area contributed by atoms with Crippen molar-refractivity contribution in [1.82, 2.24) is 0 Å². The number of carbonyl (C=O) groups is 2. The highest BCUT2D eigenvalue weighted by Crippen LogP contribution is 2.29. The van der Waals surface area contributed by atoms with Crippen LogP contribution in [0.3, 0.4) is 0 Å². The van der Waals surface area contributed by atoms with Gasteiger partial charge >= 0.3 is 11.9 Å². The predicted molar refractivity (Wildman–Crippen MR) is 87.9 cm³/mol. The first-order valence-electron chi connectivity index (χ1n) is 7.55. The number of carboxylic acid groups (broad SMARTS) is 2. The van der Waals surface area contributed by atoms with Crippen molar-refractivity contribution in [2.75, 3.05) is 11.5 Å². The van der Waals surface area contributed by atoms with Crippen LogP contribution in [-0.2, 0) is 9.59 Å². The Hall–Kier alpha value is -0.710. The van der Waals surface area contributed by atoms with E-state index in [1.165, 1.54) is 0 Å². The fourth-order valence-corrected chi connectivity index (χ4v) is 3.30. The molecule has 0 aromatic carbocycles. The van der Waals surface area contributed by atoms with E-state index in [-0.39, 0.29) is 23.7 Å². The summed E-state index contributed by atoms with van der Waals surface area (Å²) in [6.45, 7) is 8.00. The Morgan fingerprint density at radius 1 is 0.810 bits per heavy atom. The summed E-state index contributed by atoms with van der Waals surface area (Å²) in [4.78, 5) is 21.4. The van der Waals surface area contributed by atoms with Gasteiger partial charge in [-0.25, -0.2) is 0 Å². The summed E-state index contributed by atoms with van der Waals surface area (Å²) in [5.41, 5.74) is -0.258. The summed E-state index contributed by atoms with van der Waals surface area (Å²) in [6.07, 6.45) is 4.36. The third-order valence-electron chi connectivity index (χ3n) is 3.54. The van der Waals surface area contributed by atoms with Crippen LogP contribution < -0.4 is 0 Å². The van der Waals surface area contributed by atoms with Gasteiger partial charge in [0.1, 0.15) is 0 Å². The summed E-state index contributed by atoms with van der Waals surface area (Å²) < 4.78 is 0. The molecule has 0 saturated heterocycles. The SMILES string of the molecule is CC(C)(CCCSCCCC(C)(C)CC(=O)O)CC(=O)O. The highest BCUT2D eigenvalue weighted by Gasteiger charge is 2.22. The van der Waals surface area contributed by atoms with Crippen LogP contribution in [0.25, 0.3) is 0 Å². The van der Waals surface area contributed by atoms with E-state index in [4.69, 9.17) is 10.2 Å². The second-order valence-corrected chi connectivity index (χ2v) is 8.51. The highest BCUT2D eigenvalue weighted by atomic mass is 32.2. The van der Waals surface area contributed by atoms with E-state index in [1.54, 1.807) is 0 Å². The van der Waals surface area contributed by atoms with Crippen molar-refractivity contribution in [2.24, 2.45) is 10.8 Å². The lowest BCUT2D eigenvalue weighted by molar-refractivity contribution is -0.140. The topological polar surface area (TPSA) is 74.6 Å². The Bertz CT molecular complexity index is 305. The maximum absolute atomic E-state index is 10.7. The Labute approximate surface area is 132 Å². The van der Waals surface area contributed by atoms with Gasteiger partial charge in [-0.3, -0.25) is 9.59 Å². The third-order valence-corrected chi connectivity index (χ3v) is 4.70. The number of hydrogen-bond donors (Lipinski definition) is 2. The van der Waals surface area contributed by atoms with Crippen LogP contribution in [-0.4, -0.2) is 33.7 Å². The van der Waals surface area contributed by atoms with E-state index in [2.05, 4.69) is 0 Å². The van der Waals surface area contributed by atoms with E-state index in [0.717, 1.165) is 37.2 Å². The molecule has 0 saturated carbocycles. The molecule has 5 heteroatoms. The van der Waals surface area contributed by atoms with Crippen molar-refractivity contribution in [3.05, 3.63) is 0 Å². The van der Waals surface area contributed by atoms with E-state index in [9.17, 15) is 9.59 Å². The summed E-state index contributed by atoms with van der Waals surface area (Å²) >= 11 is 1.88. The molecule has 0 aliphatic carbocycles. The molecule has 0 rings (SSSR count). The molecule has 0 aliphatic rings. The minimum atomic E-state index is -0.728.